The van der Waals surface area contributed by atoms with Crippen LogP contribution in [0.25, 0.3) is 0 Å². The van der Waals surface area contributed by atoms with Crippen LogP contribution in [0, 0.1) is 6.92 Å². The number of nitrogens with zero attached hydrogens (tertiary/aromatic N) is 2. The number of halogens is 1. The summed E-state index contributed by atoms with van der Waals surface area (Å²) in [4.78, 5) is 28.9. The maximum atomic E-state index is 14.2. The number of benzene rings is 4. The van der Waals surface area contributed by atoms with Gasteiger partial charge in [-0.1, -0.05) is 96.0 Å². The van der Waals surface area contributed by atoms with Gasteiger partial charge in [-0.15, -0.1) is 0 Å². The fourth-order valence-corrected chi connectivity index (χ4v) is 6.09. The van der Waals surface area contributed by atoms with Gasteiger partial charge in [-0.05, 0) is 48.4 Å². The number of carbonyl (C=O) groups is 2. The largest absolute Gasteiger partial charge is 0.357 e. The second-order valence-electron chi connectivity index (χ2n) is 9.63. The van der Waals surface area contributed by atoms with Crippen molar-refractivity contribution >= 4 is 39.1 Å². The van der Waals surface area contributed by atoms with Crippen molar-refractivity contribution in [1.82, 2.24) is 10.2 Å². The van der Waals surface area contributed by atoms with E-state index in [4.69, 9.17) is 11.6 Å². The Labute approximate surface area is 246 Å². The van der Waals surface area contributed by atoms with E-state index < -0.39 is 28.5 Å². The van der Waals surface area contributed by atoms with Crippen molar-refractivity contribution in [2.24, 2.45) is 0 Å². The molecule has 1 atom stereocenters. The van der Waals surface area contributed by atoms with Gasteiger partial charge in [-0.25, -0.2) is 8.42 Å². The monoisotopic (exact) mass is 589 g/mol. The summed E-state index contributed by atoms with van der Waals surface area (Å²) in [5, 5.41) is 3.00. The van der Waals surface area contributed by atoms with Gasteiger partial charge in [0, 0.05) is 25.0 Å². The number of hydrogen-bond donors (Lipinski definition) is 1. The molecule has 0 heterocycles. The summed E-state index contributed by atoms with van der Waals surface area (Å²) in [5.74, 6) is -0.886. The van der Waals surface area contributed by atoms with E-state index in [-0.39, 0.29) is 29.5 Å². The van der Waals surface area contributed by atoms with Gasteiger partial charge < -0.3 is 10.2 Å². The predicted molar refractivity (Wildman–Crippen MR) is 162 cm³/mol. The van der Waals surface area contributed by atoms with Gasteiger partial charge in [0.15, 0.2) is 0 Å². The van der Waals surface area contributed by atoms with Crippen LogP contribution in [-0.2, 0) is 32.6 Å². The molecule has 0 aromatic heterocycles. The zero-order valence-electron chi connectivity index (χ0n) is 22.9. The van der Waals surface area contributed by atoms with Crippen LogP contribution in [0.4, 0.5) is 5.69 Å². The summed E-state index contributed by atoms with van der Waals surface area (Å²) in [7, 11) is -2.65. The Morgan fingerprint density at radius 2 is 1.44 bits per heavy atom. The Kier molecular flexibility index (Phi) is 9.81. The zero-order valence-corrected chi connectivity index (χ0v) is 24.5. The summed E-state index contributed by atoms with van der Waals surface area (Å²) in [6.07, 6.45) is 0.251. The lowest BCUT2D eigenvalue weighted by Gasteiger charge is -2.33. The second-order valence-corrected chi connectivity index (χ2v) is 11.9. The number of aryl methyl sites for hydroxylation is 1. The van der Waals surface area contributed by atoms with Crippen LogP contribution in [0.15, 0.2) is 114 Å². The van der Waals surface area contributed by atoms with Crippen LogP contribution in [-0.4, -0.2) is 44.8 Å². The highest BCUT2D eigenvalue weighted by Gasteiger charge is 2.34. The van der Waals surface area contributed by atoms with Crippen molar-refractivity contribution in [3.8, 4) is 0 Å². The van der Waals surface area contributed by atoms with Gasteiger partial charge in [-0.2, -0.15) is 0 Å². The van der Waals surface area contributed by atoms with Gasteiger partial charge in [0.1, 0.15) is 12.6 Å². The van der Waals surface area contributed by atoms with Crippen molar-refractivity contribution in [1.29, 1.82) is 0 Å². The minimum atomic E-state index is -4.17. The number of carbonyl (C=O) groups excluding carboxylic acids is 2. The van der Waals surface area contributed by atoms with Gasteiger partial charge in [0.05, 0.1) is 10.6 Å². The molecule has 41 heavy (non-hydrogen) atoms. The molecule has 4 rings (SSSR count). The van der Waals surface area contributed by atoms with Crippen LogP contribution in [0.3, 0.4) is 0 Å². The maximum Gasteiger partial charge on any atom is 0.264 e. The van der Waals surface area contributed by atoms with E-state index >= 15 is 0 Å². The molecule has 0 fully saturated rings. The summed E-state index contributed by atoms with van der Waals surface area (Å²) in [5.41, 5.74) is 2.81. The average Bonchev–Trinajstić information content (AvgIpc) is 2.98. The Hall–Kier alpha value is -4.14. The first-order valence-corrected chi connectivity index (χ1v) is 14.9. The quantitative estimate of drug-likeness (QED) is 0.260. The summed E-state index contributed by atoms with van der Waals surface area (Å²) in [6, 6.07) is 30.6. The molecule has 0 unspecified atom stereocenters. The second kappa shape index (κ2) is 13.5. The topological polar surface area (TPSA) is 86.8 Å². The predicted octanol–water partition coefficient (Wildman–Crippen LogP) is 5.23. The molecular weight excluding hydrogens is 558 g/mol. The Morgan fingerprint density at radius 3 is 2.02 bits per heavy atom. The Morgan fingerprint density at radius 1 is 0.829 bits per heavy atom. The molecule has 0 aliphatic rings. The third kappa shape index (κ3) is 7.54. The minimum Gasteiger partial charge on any atom is -0.357 e. The first-order valence-electron chi connectivity index (χ1n) is 13.1. The zero-order chi connectivity index (χ0) is 29.4. The first-order chi connectivity index (χ1) is 19.7. The highest BCUT2D eigenvalue weighted by Crippen LogP contribution is 2.27. The number of amides is 2. The molecule has 9 heteroatoms. The lowest BCUT2D eigenvalue weighted by molar-refractivity contribution is -0.139. The van der Waals surface area contributed by atoms with Gasteiger partial charge in [-0.3, -0.25) is 13.9 Å². The average molecular weight is 590 g/mol. The molecule has 4 aromatic rings. The minimum absolute atomic E-state index is 0.0395. The molecule has 0 saturated carbocycles. The lowest BCUT2D eigenvalue weighted by Crippen LogP contribution is -2.53. The van der Waals surface area contributed by atoms with E-state index in [1.807, 2.05) is 67.6 Å². The number of anilines is 1. The van der Waals surface area contributed by atoms with Crippen LogP contribution < -0.4 is 9.62 Å². The molecule has 212 valence electrons. The normalized spacial score (nSPS) is 11.9. The number of hydrogen-bond acceptors (Lipinski definition) is 4. The van der Waals surface area contributed by atoms with Gasteiger partial charge in [0.2, 0.25) is 11.8 Å². The molecule has 1 N–H and O–H groups in total. The molecule has 4 aromatic carbocycles. The lowest BCUT2D eigenvalue weighted by atomic mass is 10.0. The highest BCUT2D eigenvalue weighted by atomic mass is 35.5. The third-order valence-corrected chi connectivity index (χ3v) is 8.72. The van der Waals surface area contributed by atoms with Crippen molar-refractivity contribution in [2.45, 2.75) is 30.8 Å². The summed E-state index contributed by atoms with van der Waals surface area (Å²) < 4.78 is 29.0. The van der Waals surface area contributed by atoms with Gasteiger partial charge >= 0.3 is 0 Å². The number of likely N-dealkylation sites (N-methyl/N-ethyl adjacent to an activating group) is 1. The molecule has 2 amide bonds. The van der Waals surface area contributed by atoms with E-state index in [0.717, 1.165) is 21.0 Å². The smallest absolute Gasteiger partial charge is 0.264 e. The van der Waals surface area contributed by atoms with E-state index in [1.165, 1.54) is 30.1 Å². The number of nitrogens with one attached hydrogen (secondary N) is 1. The van der Waals surface area contributed by atoms with E-state index in [0.29, 0.717) is 5.02 Å². The van der Waals surface area contributed by atoms with Crippen LogP contribution >= 0.6 is 11.6 Å². The molecule has 0 spiro atoms. The van der Waals surface area contributed by atoms with E-state index in [2.05, 4.69) is 5.32 Å². The standard InChI is InChI=1S/C32H32ClN3O4S/c1-24-16-18-29(19-17-24)41(39,40)36(28-15-9-14-27(33)21-28)23-31(37)35(22-26-12-7-4-8-13-26)30(32(38)34-2)20-25-10-5-3-6-11-25/h3-19,21,30H,20,22-23H2,1-2H3,(H,34,38)/t30-/m1/s1. The first kappa shape index (κ1) is 29.8. The summed E-state index contributed by atoms with van der Waals surface area (Å²) >= 11 is 6.24. The van der Waals surface area contributed by atoms with Crippen LogP contribution in [0.5, 0.6) is 0 Å². The molecule has 7 nitrogen and oxygen atoms in total. The van der Waals surface area contributed by atoms with Crippen molar-refractivity contribution in [3.63, 3.8) is 0 Å². The van der Waals surface area contributed by atoms with Crippen molar-refractivity contribution in [2.75, 3.05) is 17.9 Å². The van der Waals surface area contributed by atoms with Crippen LogP contribution in [0.1, 0.15) is 16.7 Å². The highest BCUT2D eigenvalue weighted by molar-refractivity contribution is 7.92. The summed E-state index contributed by atoms with van der Waals surface area (Å²) in [6.45, 7) is 1.44. The van der Waals surface area contributed by atoms with Crippen LogP contribution in [0.2, 0.25) is 5.02 Å². The molecule has 0 saturated heterocycles. The number of rotatable bonds is 11. The Balaban J connectivity index is 1.77. The fraction of sp³-hybridized carbons (Fsp3) is 0.188. The molecule has 0 bridgehead atoms. The van der Waals surface area contributed by atoms with Gasteiger partial charge in [0.25, 0.3) is 10.0 Å². The van der Waals surface area contributed by atoms with Crippen molar-refractivity contribution in [3.05, 3.63) is 131 Å². The maximum absolute atomic E-state index is 14.2. The number of sulfonamides is 1. The SMILES string of the molecule is CNC(=O)[C@@H](Cc1ccccc1)N(Cc1ccccc1)C(=O)CN(c1cccc(Cl)c1)S(=O)(=O)c1ccc(C)cc1. The molecule has 0 aliphatic heterocycles. The Bertz CT molecular complexity index is 1580. The molecule has 0 radical (unpaired) electrons. The molecular formula is C32H32ClN3O4S. The van der Waals surface area contributed by atoms with Crippen molar-refractivity contribution < 1.29 is 18.0 Å². The molecule has 0 aliphatic carbocycles. The van der Waals surface area contributed by atoms with E-state index in [9.17, 15) is 18.0 Å². The fourth-order valence-electron chi connectivity index (χ4n) is 4.50. The third-order valence-electron chi connectivity index (χ3n) is 6.70. The van der Waals surface area contributed by atoms with E-state index in [1.54, 1.807) is 30.3 Å².